The average molecular weight is 386 g/mol. The van der Waals surface area contributed by atoms with E-state index >= 15 is 0 Å². The van der Waals surface area contributed by atoms with Crippen molar-refractivity contribution in [2.45, 2.75) is 13.0 Å². The summed E-state index contributed by atoms with van der Waals surface area (Å²) in [5.41, 5.74) is 1.77. The molecule has 0 aliphatic carbocycles. The first kappa shape index (κ1) is 20.1. The summed E-state index contributed by atoms with van der Waals surface area (Å²) in [5.74, 6) is 0.0428. The first-order chi connectivity index (χ1) is 13.6. The monoisotopic (exact) mass is 386 g/mol. The van der Waals surface area contributed by atoms with Gasteiger partial charge in [0.1, 0.15) is 0 Å². The summed E-state index contributed by atoms with van der Waals surface area (Å²) in [5, 5.41) is 0. The number of rotatable bonds is 7. The molecule has 1 aromatic carbocycles. The summed E-state index contributed by atoms with van der Waals surface area (Å²) in [6.45, 7) is 4.58. The molecule has 1 unspecified atom stereocenters. The normalized spacial score (nSPS) is 16.8. The Labute approximate surface area is 164 Å². The first-order valence-electron chi connectivity index (χ1n) is 9.37. The molecule has 1 aromatic heterocycles. The van der Waals surface area contributed by atoms with Gasteiger partial charge in [0, 0.05) is 38.9 Å². The molecule has 1 aliphatic heterocycles. The van der Waals surface area contributed by atoms with Gasteiger partial charge in [0.25, 0.3) is 11.8 Å². The highest BCUT2D eigenvalue weighted by Gasteiger charge is 2.29. The Morgan fingerprint density at radius 2 is 2.04 bits per heavy atom. The molecule has 2 aromatic rings. The minimum absolute atomic E-state index is 0.0193. The molecule has 0 radical (unpaired) electrons. The van der Waals surface area contributed by atoms with Gasteiger partial charge in [-0.2, -0.15) is 0 Å². The molecule has 1 fully saturated rings. The third kappa shape index (κ3) is 4.99. The maximum Gasteiger partial charge on any atom is 0.289 e. The van der Waals surface area contributed by atoms with E-state index in [1.165, 1.54) is 6.26 Å². The minimum Gasteiger partial charge on any atom is -0.459 e. The number of hydrogen-bond acceptors (Lipinski definition) is 5. The number of furan rings is 1. The van der Waals surface area contributed by atoms with Crippen LogP contribution in [0.15, 0.2) is 47.1 Å². The number of methoxy groups -OCH3 is 1. The van der Waals surface area contributed by atoms with Crippen LogP contribution in [0.5, 0.6) is 0 Å². The van der Waals surface area contributed by atoms with E-state index < -0.39 is 0 Å². The Morgan fingerprint density at radius 3 is 2.71 bits per heavy atom. The van der Waals surface area contributed by atoms with Crippen LogP contribution in [0.4, 0.5) is 0 Å². The number of carbonyl (C=O) groups excluding carboxylic acids is 2. The van der Waals surface area contributed by atoms with Crippen molar-refractivity contribution in [2.24, 2.45) is 0 Å². The van der Waals surface area contributed by atoms with Crippen molar-refractivity contribution in [1.29, 1.82) is 0 Å². The molecule has 0 N–H and O–H groups in total. The molecule has 7 heteroatoms. The van der Waals surface area contributed by atoms with Crippen LogP contribution < -0.4 is 0 Å². The number of amides is 2. The Bertz CT molecular complexity index is 773. The summed E-state index contributed by atoms with van der Waals surface area (Å²) in [6, 6.07) is 10.9. The summed E-state index contributed by atoms with van der Waals surface area (Å²) >= 11 is 0. The number of benzene rings is 1. The number of morpholine rings is 1. The molecular formula is C21H26N2O5. The minimum atomic E-state index is -0.265. The van der Waals surface area contributed by atoms with Gasteiger partial charge in [0.15, 0.2) is 5.76 Å². The van der Waals surface area contributed by atoms with Gasteiger partial charge in [-0.05, 0) is 31.2 Å². The van der Waals surface area contributed by atoms with E-state index in [9.17, 15) is 9.59 Å². The lowest BCUT2D eigenvalue weighted by Gasteiger charge is -2.35. The zero-order valence-electron chi connectivity index (χ0n) is 16.3. The number of nitrogens with zero attached hydrogens (tertiary/aromatic N) is 2. The molecule has 150 valence electrons. The number of carbonyl (C=O) groups is 2. The van der Waals surface area contributed by atoms with E-state index in [4.69, 9.17) is 13.9 Å². The van der Waals surface area contributed by atoms with Crippen LogP contribution in [0.2, 0.25) is 0 Å². The largest absolute Gasteiger partial charge is 0.459 e. The average Bonchev–Trinajstić information content (AvgIpc) is 3.26. The van der Waals surface area contributed by atoms with Crippen molar-refractivity contribution in [3.05, 3.63) is 59.5 Å². The van der Waals surface area contributed by atoms with Gasteiger partial charge < -0.3 is 23.7 Å². The van der Waals surface area contributed by atoms with E-state index in [0.29, 0.717) is 45.0 Å². The highest BCUT2D eigenvalue weighted by molar-refractivity contribution is 5.94. The van der Waals surface area contributed by atoms with Crippen molar-refractivity contribution in [3.8, 4) is 0 Å². The van der Waals surface area contributed by atoms with Gasteiger partial charge in [-0.15, -0.1) is 0 Å². The molecule has 0 spiro atoms. The number of hydrogen-bond donors (Lipinski definition) is 0. The van der Waals surface area contributed by atoms with Crippen LogP contribution in [-0.4, -0.2) is 74.2 Å². The van der Waals surface area contributed by atoms with Gasteiger partial charge in [-0.1, -0.05) is 17.7 Å². The summed E-state index contributed by atoms with van der Waals surface area (Å²) in [7, 11) is 1.59. The Balaban J connectivity index is 1.65. The molecule has 3 rings (SSSR count). The quantitative estimate of drug-likeness (QED) is 0.730. The first-order valence-corrected chi connectivity index (χ1v) is 9.37. The van der Waals surface area contributed by atoms with Crippen LogP contribution >= 0.6 is 0 Å². The second kappa shape index (κ2) is 9.52. The summed E-state index contributed by atoms with van der Waals surface area (Å²) in [4.78, 5) is 28.9. The maximum atomic E-state index is 12.8. The number of ether oxygens (including phenoxy) is 2. The molecule has 7 nitrogen and oxygen atoms in total. The molecule has 28 heavy (non-hydrogen) atoms. The molecule has 2 heterocycles. The van der Waals surface area contributed by atoms with Crippen molar-refractivity contribution in [1.82, 2.24) is 9.80 Å². The second-order valence-electron chi connectivity index (χ2n) is 6.83. The van der Waals surface area contributed by atoms with Gasteiger partial charge in [-0.25, -0.2) is 0 Å². The highest BCUT2D eigenvalue weighted by atomic mass is 16.5. The Morgan fingerprint density at radius 1 is 1.25 bits per heavy atom. The number of aryl methyl sites for hydroxylation is 1. The molecular weight excluding hydrogens is 360 g/mol. The molecule has 1 atom stereocenters. The van der Waals surface area contributed by atoms with Crippen LogP contribution in [0, 0.1) is 6.92 Å². The Hall–Kier alpha value is -2.64. The lowest BCUT2D eigenvalue weighted by atomic mass is 10.1. The lowest BCUT2D eigenvalue weighted by molar-refractivity contribution is -0.0350. The van der Waals surface area contributed by atoms with Gasteiger partial charge in [0.05, 0.1) is 25.6 Å². The molecule has 0 bridgehead atoms. The molecule has 1 aliphatic rings. The van der Waals surface area contributed by atoms with Crippen LogP contribution in [0.1, 0.15) is 26.5 Å². The van der Waals surface area contributed by atoms with Crippen molar-refractivity contribution >= 4 is 11.8 Å². The third-order valence-corrected chi connectivity index (χ3v) is 4.73. The summed E-state index contributed by atoms with van der Waals surface area (Å²) < 4.78 is 16.2. The van der Waals surface area contributed by atoms with E-state index in [2.05, 4.69) is 0 Å². The lowest BCUT2D eigenvalue weighted by Crippen LogP contribution is -2.51. The fourth-order valence-corrected chi connectivity index (χ4v) is 3.17. The van der Waals surface area contributed by atoms with Gasteiger partial charge in [-0.3, -0.25) is 9.59 Å². The molecule has 0 saturated carbocycles. The fourth-order valence-electron chi connectivity index (χ4n) is 3.17. The van der Waals surface area contributed by atoms with E-state index in [0.717, 1.165) is 5.56 Å². The maximum absolute atomic E-state index is 12.8. The van der Waals surface area contributed by atoms with Crippen LogP contribution in [0.3, 0.4) is 0 Å². The fraction of sp³-hybridized carbons (Fsp3) is 0.429. The van der Waals surface area contributed by atoms with Crippen molar-refractivity contribution in [3.63, 3.8) is 0 Å². The van der Waals surface area contributed by atoms with Gasteiger partial charge >= 0.3 is 0 Å². The predicted molar refractivity (Wildman–Crippen MR) is 103 cm³/mol. The highest BCUT2D eigenvalue weighted by Crippen LogP contribution is 2.14. The SMILES string of the molecule is COCCN(CC1CN(C(=O)c2ccc(C)cc2)CCO1)C(=O)c1ccco1. The Kier molecular flexibility index (Phi) is 6.84. The summed E-state index contributed by atoms with van der Waals surface area (Å²) in [6.07, 6.45) is 1.21. The van der Waals surface area contributed by atoms with E-state index in [1.807, 2.05) is 31.2 Å². The van der Waals surface area contributed by atoms with E-state index in [1.54, 1.807) is 29.0 Å². The standard InChI is InChI=1S/C21H26N2O5/c1-16-5-7-17(8-6-16)20(24)22-10-13-27-18(14-22)15-23(9-12-26-2)21(25)19-4-3-11-28-19/h3-8,11,18H,9-10,12-15H2,1-2H3. The van der Waals surface area contributed by atoms with Crippen LogP contribution in [0.25, 0.3) is 0 Å². The smallest absolute Gasteiger partial charge is 0.289 e. The van der Waals surface area contributed by atoms with Crippen molar-refractivity contribution < 1.29 is 23.5 Å². The van der Waals surface area contributed by atoms with Gasteiger partial charge in [0.2, 0.25) is 0 Å². The second-order valence-corrected chi connectivity index (χ2v) is 6.83. The molecule has 2 amide bonds. The third-order valence-electron chi connectivity index (χ3n) is 4.73. The zero-order valence-corrected chi connectivity index (χ0v) is 16.3. The molecule has 1 saturated heterocycles. The van der Waals surface area contributed by atoms with Crippen molar-refractivity contribution in [2.75, 3.05) is 46.5 Å². The topological polar surface area (TPSA) is 72.2 Å². The van der Waals surface area contributed by atoms with Crippen LogP contribution in [-0.2, 0) is 9.47 Å². The van der Waals surface area contributed by atoms with E-state index in [-0.39, 0.29) is 23.7 Å². The zero-order chi connectivity index (χ0) is 19.9. The predicted octanol–water partition coefficient (Wildman–Crippen LogP) is 2.22.